The fourth-order valence-electron chi connectivity index (χ4n) is 8.18. The van der Waals surface area contributed by atoms with Crippen molar-refractivity contribution >= 4 is 81.7 Å². The van der Waals surface area contributed by atoms with Crippen LogP contribution < -0.4 is 48.7 Å². The molecule has 3 aromatic carbocycles. The second-order valence-electron chi connectivity index (χ2n) is 18.5. The number of unbranched alkanes of at least 4 members (excludes halogenated alkanes) is 1. The van der Waals surface area contributed by atoms with Crippen molar-refractivity contribution in [2.24, 2.45) is 11.5 Å². The van der Waals surface area contributed by atoms with E-state index in [2.05, 4.69) is 42.2 Å². The summed E-state index contributed by atoms with van der Waals surface area (Å²) in [7, 11) is 0. The number of amides is 7. The molecule has 7 amide bonds. The average Bonchev–Trinajstić information content (AvgIpc) is 3.81. The van der Waals surface area contributed by atoms with Crippen molar-refractivity contribution in [1.82, 2.24) is 42.2 Å². The van der Waals surface area contributed by atoms with Gasteiger partial charge in [0.05, 0.1) is 18.2 Å². The van der Waals surface area contributed by atoms with Gasteiger partial charge in [0.1, 0.15) is 36.3 Å². The van der Waals surface area contributed by atoms with E-state index in [9.17, 15) is 53.7 Å². The molecule has 0 spiro atoms. The third-order valence-electron chi connectivity index (χ3n) is 12.5. The first-order chi connectivity index (χ1) is 36.4. The maximum atomic E-state index is 14.8. The lowest BCUT2D eigenvalue weighted by Gasteiger charge is -2.29. The lowest BCUT2D eigenvalue weighted by Crippen LogP contribution is -2.62. The minimum absolute atomic E-state index is 0.00377. The Morgan fingerprint density at radius 1 is 0.526 bits per heavy atom. The summed E-state index contributed by atoms with van der Waals surface area (Å²) in [6, 6.07) is 14.5. The molecule has 0 unspecified atom stereocenters. The summed E-state index contributed by atoms with van der Waals surface area (Å²) >= 11 is 2.80. The molecule has 0 saturated heterocycles. The number of carboxylic acid groups (broad SMARTS) is 1. The van der Waals surface area contributed by atoms with Gasteiger partial charge in [0.25, 0.3) is 0 Å². The van der Waals surface area contributed by atoms with Crippen LogP contribution in [0.15, 0.2) is 91.1 Å². The lowest BCUT2D eigenvalue weighted by molar-refractivity contribution is -0.145. The Bertz CT molecular complexity index is 2520. The van der Waals surface area contributed by atoms with Crippen molar-refractivity contribution in [3.05, 3.63) is 108 Å². The molecule has 0 fully saturated rings. The highest BCUT2D eigenvalue weighted by Crippen LogP contribution is 2.20. The minimum Gasteiger partial charge on any atom is -0.480 e. The fraction of sp³-hybridized carbons (Fsp3) is 0.472. The average molecular weight is 1090 g/mol. The fourth-order valence-corrected chi connectivity index (χ4v) is 9.12. The van der Waals surface area contributed by atoms with Crippen LogP contribution in [0.5, 0.6) is 0 Å². The first kappa shape index (κ1) is 62.0. The lowest BCUT2D eigenvalue weighted by atomic mass is 10.0. The van der Waals surface area contributed by atoms with Gasteiger partial charge in [-0.25, -0.2) is 4.79 Å². The Balaban J connectivity index is 1.64. The Hall–Kier alpha value is -6.50. The number of H-pyrrole nitrogens is 1. The molecule has 4 rings (SSSR count). The van der Waals surface area contributed by atoms with E-state index in [1.54, 1.807) is 42.8 Å². The summed E-state index contributed by atoms with van der Waals surface area (Å²) in [5, 5.41) is 49.6. The Labute approximate surface area is 451 Å². The number of hydrogen-bond acceptors (Lipinski definition) is 14. The molecule has 0 aliphatic heterocycles. The normalized spacial score (nSPS) is 15.2. The van der Waals surface area contributed by atoms with Crippen LogP contribution in [0.1, 0.15) is 62.6 Å². The topological polar surface area (TPSA) is 349 Å². The molecule has 4 aromatic rings. The molecule has 10 atom stereocenters. The number of hydrogen-bond donors (Lipinski definition) is 13. The Morgan fingerprint density at radius 2 is 0.961 bits per heavy atom. The second-order valence-corrected chi connectivity index (χ2v) is 20.5. The molecule has 21 nitrogen and oxygen atoms in total. The number of nitrogens with one attached hydrogen (secondary N) is 8. The van der Waals surface area contributed by atoms with Crippen LogP contribution in [-0.4, -0.2) is 159 Å². The number of aromatic amines is 1. The monoisotopic (exact) mass is 1090 g/mol. The van der Waals surface area contributed by atoms with Crippen molar-refractivity contribution in [3.8, 4) is 0 Å². The summed E-state index contributed by atoms with van der Waals surface area (Å²) in [6.45, 7) is 2.65. The SMILES string of the molecule is CSCC[C@H](NC(=O)[C@H](N)Cc1ccccc1)C(=O)N[C@@H](Cc1ccccc1)C(=O)N[C@H](Cc1c[nH]c2ccccc12)C(=O)N[C@@H](CCCCN)C(=O)N[C@H](C(=O)N[C@@H](CCSC)C(=O)N[C@H](C(=O)O)[C@@H](C)O)[C@@H](C)O. The van der Waals surface area contributed by atoms with E-state index in [1.807, 2.05) is 60.9 Å². The molecule has 76 heavy (non-hydrogen) atoms. The van der Waals surface area contributed by atoms with Crippen LogP contribution in [0, 0.1) is 0 Å². The largest absolute Gasteiger partial charge is 0.480 e. The number of nitrogens with two attached hydrogens (primary N) is 2. The van der Waals surface area contributed by atoms with Crippen LogP contribution in [0.25, 0.3) is 10.9 Å². The standard InChI is InChI=1S/C53H74N10O11S2/c1-31(64)44(52(72)59-41(23-26-76-4)49(69)63-45(32(2)65)53(73)74)62-48(68)39(21-13-14-24-54)58-51(71)43(29-35-30-56-38-20-12-11-19-36(35)38)61-50(70)42(28-34-17-9-6-10-18-34)60-47(67)40(22-25-75-3)57-46(66)37(55)27-33-15-7-5-8-16-33/h5-12,15-20,30-32,37,39-45,56,64-65H,13-14,21-29,54-55H2,1-4H3,(H,57,66)(H,58,71)(H,59,72)(H,60,67)(H,61,70)(H,62,68)(H,63,69)(H,73,74)/t31-,32-,37-,39+,40+,41+,42+,43-,44+,45+/m1/s1. The predicted octanol–water partition coefficient (Wildman–Crippen LogP) is 0.398. The Morgan fingerprint density at radius 3 is 1.49 bits per heavy atom. The molecular weight excluding hydrogens is 1020 g/mol. The number of aromatic nitrogens is 1. The predicted molar refractivity (Wildman–Crippen MR) is 294 cm³/mol. The highest BCUT2D eigenvalue weighted by atomic mass is 32.2. The molecule has 0 saturated carbocycles. The van der Waals surface area contributed by atoms with Gasteiger partial charge >= 0.3 is 5.97 Å². The summed E-state index contributed by atoms with van der Waals surface area (Å²) in [4.78, 5) is 114. The number of para-hydroxylation sites is 1. The van der Waals surface area contributed by atoms with Crippen LogP contribution >= 0.6 is 23.5 Å². The van der Waals surface area contributed by atoms with Crippen LogP contribution in [0.3, 0.4) is 0 Å². The third-order valence-corrected chi connectivity index (χ3v) is 13.7. The number of fused-ring (bicyclic) bond motifs is 1. The van der Waals surface area contributed by atoms with Crippen LogP contribution in [0.2, 0.25) is 0 Å². The molecule has 15 N–H and O–H groups in total. The van der Waals surface area contributed by atoms with Crippen molar-refractivity contribution in [2.45, 2.75) is 126 Å². The van der Waals surface area contributed by atoms with Crippen molar-refractivity contribution < 1.29 is 53.7 Å². The van der Waals surface area contributed by atoms with Crippen molar-refractivity contribution in [2.75, 3.05) is 30.6 Å². The molecule has 1 heterocycles. The van der Waals surface area contributed by atoms with Gasteiger partial charge in [-0.15, -0.1) is 0 Å². The minimum atomic E-state index is -1.69. The van der Waals surface area contributed by atoms with Gasteiger partial charge < -0.3 is 69.0 Å². The first-order valence-corrected chi connectivity index (χ1v) is 27.9. The molecule has 23 heteroatoms. The maximum absolute atomic E-state index is 14.8. The van der Waals surface area contributed by atoms with Crippen molar-refractivity contribution in [1.29, 1.82) is 0 Å². The van der Waals surface area contributed by atoms with Gasteiger partial charge in [-0.05, 0) is 106 Å². The third kappa shape index (κ3) is 19.9. The number of carboxylic acids is 1. The zero-order chi connectivity index (χ0) is 55.7. The smallest absolute Gasteiger partial charge is 0.328 e. The summed E-state index contributed by atoms with van der Waals surface area (Å²) in [5.74, 6) is -6.30. The van der Waals surface area contributed by atoms with E-state index in [1.165, 1.54) is 37.4 Å². The maximum Gasteiger partial charge on any atom is 0.328 e. The zero-order valence-electron chi connectivity index (χ0n) is 43.3. The van der Waals surface area contributed by atoms with E-state index in [-0.39, 0.29) is 45.1 Å². The second kappa shape index (κ2) is 32.2. The number of aliphatic carboxylic acids is 1. The summed E-state index contributed by atoms with van der Waals surface area (Å²) < 4.78 is 0. The zero-order valence-corrected chi connectivity index (χ0v) is 44.9. The molecule has 0 aliphatic carbocycles. The van der Waals surface area contributed by atoms with Crippen molar-refractivity contribution in [3.63, 3.8) is 0 Å². The number of carbonyl (C=O) groups is 8. The Kier molecular flexibility index (Phi) is 26.3. The first-order valence-electron chi connectivity index (χ1n) is 25.1. The van der Waals surface area contributed by atoms with Gasteiger partial charge in [-0.2, -0.15) is 23.5 Å². The quantitative estimate of drug-likeness (QED) is 0.0287. The van der Waals surface area contributed by atoms with E-state index < -0.39 is 108 Å². The van der Waals surface area contributed by atoms with Gasteiger partial charge in [-0.3, -0.25) is 33.6 Å². The molecule has 0 bridgehead atoms. The molecular formula is C53H74N10O11S2. The van der Waals surface area contributed by atoms with Gasteiger partial charge in [0.2, 0.25) is 41.4 Å². The van der Waals surface area contributed by atoms with Gasteiger partial charge in [0.15, 0.2) is 6.04 Å². The number of aliphatic hydroxyl groups excluding tert-OH is 2. The van der Waals surface area contributed by atoms with E-state index in [4.69, 9.17) is 11.5 Å². The van der Waals surface area contributed by atoms with Gasteiger partial charge in [0, 0.05) is 29.9 Å². The molecule has 1 aromatic heterocycles. The van der Waals surface area contributed by atoms with E-state index in [0.29, 0.717) is 35.5 Å². The number of carbonyl (C=O) groups excluding carboxylic acids is 7. The highest BCUT2D eigenvalue weighted by Gasteiger charge is 2.36. The van der Waals surface area contributed by atoms with E-state index >= 15 is 0 Å². The van der Waals surface area contributed by atoms with Crippen LogP contribution in [-0.2, 0) is 57.6 Å². The number of aliphatic hydroxyl groups is 2. The highest BCUT2D eigenvalue weighted by molar-refractivity contribution is 7.98. The van der Waals surface area contributed by atoms with Gasteiger partial charge in [-0.1, -0.05) is 78.9 Å². The molecule has 0 radical (unpaired) electrons. The number of thioether (sulfide) groups is 2. The molecule has 0 aliphatic rings. The van der Waals surface area contributed by atoms with E-state index in [0.717, 1.165) is 16.5 Å². The number of benzene rings is 3. The van der Waals surface area contributed by atoms with Crippen LogP contribution in [0.4, 0.5) is 0 Å². The molecule has 414 valence electrons. The summed E-state index contributed by atoms with van der Waals surface area (Å²) in [6.07, 6.45) is 3.33. The number of rotatable bonds is 33. The summed E-state index contributed by atoms with van der Waals surface area (Å²) in [5.41, 5.74) is 15.0.